The molecule has 1 atom stereocenters. The molecular weight excluding hydrogens is 194 g/mol. The lowest BCUT2D eigenvalue weighted by Gasteiger charge is -2.15. The molecule has 0 radical (unpaired) electrons. The van der Waals surface area contributed by atoms with Gasteiger partial charge in [0.15, 0.2) is 11.5 Å². The van der Waals surface area contributed by atoms with Crippen molar-refractivity contribution in [2.75, 3.05) is 21.3 Å². The van der Waals surface area contributed by atoms with Gasteiger partial charge in [0.2, 0.25) is 0 Å². The summed E-state index contributed by atoms with van der Waals surface area (Å²) >= 11 is 0. The van der Waals surface area contributed by atoms with Crippen molar-refractivity contribution in [3.05, 3.63) is 17.7 Å². The van der Waals surface area contributed by atoms with Gasteiger partial charge in [0.25, 0.3) is 0 Å². The molecule has 0 fully saturated rings. The topological polar surface area (TPSA) is 53.7 Å². The molecule has 1 aromatic rings. The van der Waals surface area contributed by atoms with Gasteiger partial charge in [0.1, 0.15) is 5.75 Å². The van der Waals surface area contributed by atoms with Crippen LogP contribution in [0.2, 0.25) is 0 Å². The Kier molecular flexibility index (Phi) is 3.80. The lowest BCUT2D eigenvalue weighted by Crippen LogP contribution is -2.07. The van der Waals surface area contributed by atoms with Crippen molar-refractivity contribution in [1.82, 2.24) is 0 Å². The standard InChI is InChI=1S/C11H17NO3/c1-7(12)8-5-10(14-3)11(15-4)6-9(8)13-2/h5-7H,12H2,1-4H3/t7-/m1/s1. The largest absolute Gasteiger partial charge is 0.496 e. The molecule has 1 rings (SSSR count). The zero-order valence-corrected chi connectivity index (χ0v) is 9.53. The SMILES string of the molecule is COc1cc(OC)c([C@@H](C)N)cc1OC. The number of hydrogen-bond acceptors (Lipinski definition) is 4. The van der Waals surface area contributed by atoms with Crippen LogP contribution < -0.4 is 19.9 Å². The quantitative estimate of drug-likeness (QED) is 0.824. The van der Waals surface area contributed by atoms with Crippen LogP contribution in [0.15, 0.2) is 12.1 Å². The van der Waals surface area contributed by atoms with Gasteiger partial charge < -0.3 is 19.9 Å². The molecule has 0 spiro atoms. The second-order valence-electron chi connectivity index (χ2n) is 3.24. The lowest BCUT2D eigenvalue weighted by atomic mass is 10.1. The maximum absolute atomic E-state index is 5.83. The van der Waals surface area contributed by atoms with E-state index < -0.39 is 0 Å². The molecule has 0 aliphatic rings. The van der Waals surface area contributed by atoms with Gasteiger partial charge in [-0.25, -0.2) is 0 Å². The Balaban J connectivity index is 3.27. The van der Waals surface area contributed by atoms with Gasteiger partial charge in [-0.1, -0.05) is 0 Å². The van der Waals surface area contributed by atoms with Gasteiger partial charge in [0.05, 0.1) is 21.3 Å². The number of rotatable bonds is 4. The number of nitrogens with two attached hydrogens (primary N) is 1. The molecule has 0 aliphatic heterocycles. The minimum atomic E-state index is -0.111. The van der Waals surface area contributed by atoms with E-state index in [1.165, 1.54) is 0 Å². The third-order valence-electron chi connectivity index (χ3n) is 2.23. The van der Waals surface area contributed by atoms with E-state index in [9.17, 15) is 0 Å². The van der Waals surface area contributed by atoms with Crippen molar-refractivity contribution in [1.29, 1.82) is 0 Å². The van der Waals surface area contributed by atoms with Gasteiger partial charge in [0, 0.05) is 17.7 Å². The molecule has 0 unspecified atom stereocenters. The third-order valence-corrected chi connectivity index (χ3v) is 2.23. The Morgan fingerprint density at radius 3 is 1.80 bits per heavy atom. The molecule has 4 heteroatoms. The Hall–Kier alpha value is -1.42. The molecule has 15 heavy (non-hydrogen) atoms. The van der Waals surface area contributed by atoms with E-state index in [1.54, 1.807) is 27.4 Å². The van der Waals surface area contributed by atoms with Crippen molar-refractivity contribution < 1.29 is 14.2 Å². The Morgan fingerprint density at radius 1 is 0.933 bits per heavy atom. The molecule has 0 heterocycles. The summed E-state index contributed by atoms with van der Waals surface area (Å²) in [6, 6.07) is 3.50. The Bertz CT molecular complexity index is 337. The first-order valence-corrected chi connectivity index (χ1v) is 4.69. The second kappa shape index (κ2) is 4.89. The van der Waals surface area contributed by atoms with Crippen LogP contribution >= 0.6 is 0 Å². The van der Waals surface area contributed by atoms with E-state index >= 15 is 0 Å². The summed E-state index contributed by atoms with van der Waals surface area (Å²) in [4.78, 5) is 0. The summed E-state index contributed by atoms with van der Waals surface area (Å²) in [6.07, 6.45) is 0. The summed E-state index contributed by atoms with van der Waals surface area (Å²) in [7, 11) is 4.78. The second-order valence-corrected chi connectivity index (χ2v) is 3.24. The van der Waals surface area contributed by atoms with Crippen molar-refractivity contribution >= 4 is 0 Å². The summed E-state index contributed by atoms with van der Waals surface area (Å²) in [5.74, 6) is 2.01. The highest BCUT2D eigenvalue weighted by molar-refractivity contribution is 5.51. The van der Waals surface area contributed by atoms with Crippen LogP contribution in [-0.4, -0.2) is 21.3 Å². The van der Waals surface area contributed by atoms with E-state index in [-0.39, 0.29) is 6.04 Å². The number of ether oxygens (including phenoxy) is 3. The summed E-state index contributed by atoms with van der Waals surface area (Å²) < 4.78 is 15.6. The van der Waals surface area contributed by atoms with Gasteiger partial charge in [-0.3, -0.25) is 0 Å². The van der Waals surface area contributed by atoms with Crippen LogP contribution in [0.5, 0.6) is 17.2 Å². The van der Waals surface area contributed by atoms with E-state index in [1.807, 2.05) is 13.0 Å². The predicted molar refractivity (Wildman–Crippen MR) is 58.7 cm³/mol. The number of benzene rings is 1. The van der Waals surface area contributed by atoms with Gasteiger partial charge in [-0.05, 0) is 13.0 Å². The highest BCUT2D eigenvalue weighted by Crippen LogP contribution is 2.36. The maximum Gasteiger partial charge on any atom is 0.164 e. The fraction of sp³-hybridized carbons (Fsp3) is 0.455. The minimum absolute atomic E-state index is 0.111. The van der Waals surface area contributed by atoms with Crippen molar-refractivity contribution in [2.45, 2.75) is 13.0 Å². The van der Waals surface area contributed by atoms with Crippen molar-refractivity contribution in [3.8, 4) is 17.2 Å². The predicted octanol–water partition coefficient (Wildman–Crippen LogP) is 1.73. The van der Waals surface area contributed by atoms with E-state index in [2.05, 4.69) is 0 Å². The normalized spacial score (nSPS) is 12.1. The highest BCUT2D eigenvalue weighted by atomic mass is 16.5. The summed E-state index contributed by atoms with van der Waals surface area (Å²) in [6.45, 7) is 1.89. The Labute approximate surface area is 89.9 Å². The number of methoxy groups -OCH3 is 3. The van der Waals surface area contributed by atoms with Gasteiger partial charge in [-0.15, -0.1) is 0 Å². The summed E-state index contributed by atoms with van der Waals surface area (Å²) in [5, 5.41) is 0. The van der Waals surface area contributed by atoms with Crippen molar-refractivity contribution in [3.63, 3.8) is 0 Å². The van der Waals surface area contributed by atoms with Gasteiger partial charge >= 0.3 is 0 Å². The molecule has 0 saturated heterocycles. The van der Waals surface area contributed by atoms with Crippen molar-refractivity contribution in [2.24, 2.45) is 5.73 Å². The molecule has 0 saturated carbocycles. The molecule has 84 valence electrons. The van der Waals surface area contributed by atoms with E-state index in [0.717, 1.165) is 5.56 Å². The molecule has 4 nitrogen and oxygen atoms in total. The molecule has 0 amide bonds. The number of hydrogen-bond donors (Lipinski definition) is 1. The first-order chi connectivity index (χ1) is 7.13. The third kappa shape index (κ3) is 2.33. The molecular formula is C11H17NO3. The molecule has 0 aliphatic carbocycles. The first kappa shape index (κ1) is 11.7. The smallest absolute Gasteiger partial charge is 0.164 e. The highest BCUT2D eigenvalue weighted by Gasteiger charge is 2.13. The van der Waals surface area contributed by atoms with Crippen LogP contribution in [-0.2, 0) is 0 Å². The van der Waals surface area contributed by atoms with Crippen LogP contribution in [0, 0.1) is 0 Å². The zero-order valence-electron chi connectivity index (χ0n) is 9.53. The average molecular weight is 211 g/mol. The zero-order chi connectivity index (χ0) is 11.4. The lowest BCUT2D eigenvalue weighted by molar-refractivity contribution is 0.346. The minimum Gasteiger partial charge on any atom is -0.496 e. The summed E-state index contributed by atoms with van der Waals surface area (Å²) in [5.41, 5.74) is 6.73. The van der Waals surface area contributed by atoms with E-state index in [4.69, 9.17) is 19.9 Å². The van der Waals surface area contributed by atoms with Crippen LogP contribution in [0.3, 0.4) is 0 Å². The van der Waals surface area contributed by atoms with Crippen LogP contribution in [0.4, 0.5) is 0 Å². The molecule has 0 bridgehead atoms. The fourth-order valence-electron chi connectivity index (χ4n) is 1.41. The molecule has 1 aromatic carbocycles. The average Bonchev–Trinajstić information content (AvgIpc) is 2.26. The molecule has 2 N–H and O–H groups in total. The first-order valence-electron chi connectivity index (χ1n) is 4.69. The Morgan fingerprint density at radius 2 is 1.40 bits per heavy atom. The van der Waals surface area contributed by atoms with Gasteiger partial charge in [-0.2, -0.15) is 0 Å². The van der Waals surface area contributed by atoms with Crippen LogP contribution in [0.1, 0.15) is 18.5 Å². The fourth-order valence-corrected chi connectivity index (χ4v) is 1.41. The maximum atomic E-state index is 5.83. The van der Waals surface area contributed by atoms with Crippen LogP contribution in [0.25, 0.3) is 0 Å². The molecule has 0 aromatic heterocycles. The van der Waals surface area contributed by atoms with E-state index in [0.29, 0.717) is 17.2 Å². The monoisotopic (exact) mass is 211 g/mol.